The molecule has 0 saturated heterocycles. The third-order valence-electron chi connectivity index (χ3n) is 2.74. The maximum atomic E-state index is 13.5. The highest BCUT2D eigenvalue weighted by Gasteiger charge is 2.23. The normalized spacial score (nSPS) is 12.0. The van der Waals surface area contributed by atoms with E-state index in [1.54, 1.807) is 6.07 Å². The zero-order valence-corrected chi connectivity index (χ0v) is 10.9. The molecule has 0 heterocycles. The number of carbonyl (C=O) groups excluding carboxylic acids is 1. The second-order valence-electron chi connectivity index (χ2n) is 4.67. The van der Waals surface area contributed by atoms with Gasteiger partial charge in [0.1, 0.15) is 11.9 Å². The molecular weight excluding hydrogens is 231 g/mol. The van der Waals surface area contributed by atoms with Crippen LogP contribution in [0.3, 0.4) is 0 Å². The molecule has 0 aliphatic carbocycles. The zero-order chi connectivity index (χ0) is 13.7. The first-order valence-corrected chi connectivity index (χ1v) is 5.88. The first-order chi connectivity index (χ1) is 8.47. The summed E-state index contributed by atoms with van der Waals surface area (Å²) in [5, 5.41) is 9.07. The number of amides is 1. The molecule has 18 heavy (non-hydrogen) atoms. The van der Waals surface area contributed by atoms with Crippen molar-refractivity contribution in [2.45, 2.75) is 26.3 Å². The van der Waals surface area contributed by atoms with E-state index < -0.39 is 17.8 Å². The number of carbonyl (C=O) groups is 1. The number of benzene rings is 1. The van der Waals surface area contributed by atoms with E-state index in [1.807, 2.05) is 13.8 Å². The molecule has 4 heteroatoms. The number of nitrogens with zero attached hydrogens (tertiary/aromatic N) is 2. The van der Waals surface area contributed by atoms with Crippen molar-refractivity contribution in [1.82, 2.24) is 4.90 Å². The van der Waals surface area contributed by atoms with Gasteiger partial charge in [-0.3, -0.25) is 4.79 Å². The van der Waals surface area contributed by atoms with Gasteiger partial charge in [-0.15, -0.1) is 0 Å². The van der Waals surface area contributed by atoms with Gasteiger partial charge in [0.2, 0.25) is 0 Å². The Morgan fingerprint density at radius 3 is 2.56 bits per heavy atom. The van der Waals surface area contributed by atoms with Gasteiger partial charge in [-0.1, -0.05) is 26.0 Å². The van der Waals surface area contributed by atoms with E-state index in [1.165, 1.54) is 30.1 Å². The van der Waals surface area contributed by atoms with Crippen LogP contribution in [0.4, 0.5) is 4.39 Å². The van der Waals surface area contributed by atoms with Crippen molar-refractivity contribution in [3.05, 3.63) is 35.6 Å². The topological polar surface area (TPSA) is 44.1 Å². The predicted octanol–water partition coefficient (Wildman–Crippen LogP) is 2.84. The Hall–Kier alpha value is -1.89. The summed E-state index contributed by atoms with van der Waals surface area (Å²) in [6.45, 7) is 3.96. The largest absolute Gasteiger partial charge is 0.326 e. The van der Waals surface area contributed by atoms with E-state index in [4.69, 9.17) is 5.26 Å². The van der Waals surface area contributed by atoms with Crippen LogP contribution in [0.2, 0.25) is 0 Å². The summed E-state index contributed by atoms with van der Waals surface area (Å²) in [6.07, 6.45) is 0.577. The molecule has 96 valence electrons. The van der Waals surface area contributed by atoms with Crippen molar-refractivity contribution >= 4 is 5.91 Å². The number of rotatable bonds is 4. The lowest BCUT2D eigenvalue weighted by Crippen LogP contribution is -2.37. The highest BCUT2D eigenvalue weighted by molar-refractivity contribution is 5.94. The smallest absolute Gasteiger partial charge is 0.257 e. The third kappa shape index (κ3) is 3.30. The lowest BCUT2D eigenvalue weighted by molar-refractivity contribution is 0.0747. The molecule has 0 N–H and O–H groups in total. The summed E-state index contributed by atoms with van der Waals surface area (Å²) in [5.41, 5.74) is 0.00371. The molecule has 0 aliphatic rings. The van der Waals surface area contributed by atoms with E-state index in [2.05, 4.69) is 6.07 Å². The Kier molecular flexibility index (Phi) is 4.85. The maximum absolute atomic E-state index is 13.5. The molecule has 0 aromatic heterocycles. The molecule has 1 amide bonds. The van der Waals surface area contributed by atoms with Crippen LogP contribution in [-0.2, 0) is 0 Å². The molecule has 1 unspecified atom stereocenters. The van der Waals surface area contributed by atoms with Crippen LogP contribution in [0.5, 0.6) is 0 Å². The quantitative estimate of drug-likeness (QED) is 0.822. The average Bonchev–Trinajstić information content (AvgIpc) is 2.34. The number of halogens is 1. The second-order valence-corrected chi connectivity index (χ2v) is 4.67. The van der Waals surface area contributed by atoms with Gasteiger partial charge in [0.25, 0.3) is 5.91 Å². The van der Waals surface area contributed by atoms with E-state index >= 15 is 0 Å². The van der Waals surface area contributed by atoms with Crippen LogP contribution in [0, 0.1) is 23.1 Å². The van der Waals surface area contributed by atoms with Crippen molar-refractivity contribution in [3.63, 3.8) is 0 Å². The number of nitriles is 1. The van der Waals surface area contributed by atoms with Crippen molar-refractivity contribution in [2.75, 3.05) is 7.05 Å². The highest BCUT2D eigenvalue weighted by atomic mass is 19.1. The molecule has 0 spiro atoms. The van der Waals surface area contributed by atoms with Gasteiger partial charge in [-0.05, 0) is 24.5 Å². The first-order valence-electron chi connectivity index (χ1n) is 5.88. The summed E-state index contributed by atoms with van der Waals surface area (Å²) in [7, 11) is 1.53. The lowest BCUT2D eigenvalue weighted by atomic mass is 10.0. The van der Waals surface area contributed by atoms with Crippen LogP contribution in [-0.4, -0.2) is 23.9 Å². The molecule has 1 rings (SSSR count). The van der Waals surface area contributed by atoms with Crippen molar-refractivity contribution in [3.8, 4) is 6.07 Å². The molecule has 1 atom stereocenters. The second kappa shape index (κ2) is 6.15. The molecule has 3 nitrogen and oxygen atoms in total. The zero-order valence-electron chi connectivity index (χ0n) is 10.9. The van der Waals surface area contributed by atoms with Crippen molar-refractivity contribution in [2.24, 2.45) is 5.92 Å². The predicted molar refractivity (Wildman–Crippen MR) is 67.3 cm³/mol. The molecule has 0 bridgehead atoms. The Bertz CT molecular complexity index is 465. The SMILES string of the molecule is CC(C)CC(C#N)N(C)C(=O)c1ccccc1F. The summed E-state index contributed by atoms with van der Waals surface area (Å²) in [5.74, 6) is -0.721. The fourth-order valence-electron chi connectivity index (χ4n) is 1.71. The van der Waals surface area contributed by atoms with Gasteiger partial charge >= 0.3 is 0 Å². The minimum absolute atomic E-state index is 0.00371. The highest BCUT2D eigenvalue weighted by Crippen LogP contribution is 2.15. The van der Waals surface area contributed by atoms with Gasteiger partial charge in [-0.2, -0.15) is 5.26 Å². The summed E-state index contributed by atoms with van der Waals surface area (Å²) in [6, 6.07) is 7.36. The van der Waals surface area contributed by atoms with E-state index in [-0.39, 0.29) is 5.56 Å². The summed E-state index contributed by atoms with van der Waals surface area (Å²) < 4.78 is 13.5. The van der Waals surface area contributed by atoms with Crippen LogP contribution in [0.25, 0.3) is 0 Å². The Balaban J connectivity index is 2.90. The molecule has 1 aromatic rings. The molecular formula is C14H17FN2O. The molecule has 1 aromatic carbocycles. The van der Waals surface area contributed by atoms with E-state index in [9.17, 15) is 9.18 Å². The molecule has 0 radical (unpaired) electrons. The summed E-state index contributed by atoms with van der Waals surface area (Å²) >= 11 is 0. The average molecular weight is 248 g/mol. The van der Waals surface area contributed by atoms with Gasteiger partial charge in [0.05, 0.1) is 11.6 Å². The molecule has 0 saturated carbocycles. The van der Waals surface area contributed by atoms with Crippen LogP contribution in [0.1, 0.15) is 30.6 Å². The van der Waals surface area contributed by atoms with E-state index in [0.717, 1.165) is 0 Å². The Morgan fingerprint density at radius 2 is 2.06 bits per heavy atom. The monoisotopic (exact) mass is 248 g/mol. The van der Waals surface area contributed by atoms with E-state index in [0.29, 0.717) is 12.3 Å². The van der Waals surface area contributed by atoms with Gasteiger partial charge in [0.15, 0.2) is 0 Å². The van der Waals surface area contributed by atoms with Gasteiger partial charge in [-0.25, -0.2) is 4.39 Å². The number of hydrogen-bond acceptors (Lipinski definition) is 2. The standard InChI is InChI=1S/C14H17FN2O/c1-10(2)8-11(9-16)17(3)14(18)12-6-4-5-7-13(12)15/h4-7,10-11H,8H2,1-3H3. The van der Waals surface area contributed by atoms with Crippen LogP contribution >= 0.6 is 0 Å². The Morgan fingerprint density at radius 1 is 1.44 bits per heavy atom. The first kappa shape index (κ1) is 14.2. The van der Waals surface area contributed by atoms with Crippen molar-refractivity contribution < 1.29 is 9.18 Å². The third-order valence-corrected chi connectivity index (χ3v) is 2.74. The fourth-order valence-corrected chi connectivity index (χ4v) is 1.71. The molecule has 0 aliphatic heterocycles. The van der Waals surface area contributed by atoms with Gasteiger partial charge in [0, 0.05) is 7.05 Å². The number of hydrogen-bond donors (Lipinski definition) is 0. The van der Waals surface area contributed by atoms with Crippen LogP contribution < -0.4 is 0 Å². The van der Waals surface area contributed by atoms with Gasteiger partial charge < -0.3 is 4.90 Å². The van der Waals surface area contributed by atoms with Crippen molar-refractivity contribution in [1.29, 1.82) is 5.26 Å². The molecule has 0 fully saturated rings. The fraction of sp³-hybridized carbons (Fsp3) is 0.429. The lowest BCUT2D eigenvalue weighted by Gasteiger charge is -2.24. The minimum atomic E-state index is -0.560. The Labute approximate surface area is 107 Å². The summed E-state index contributed by atoms with van der Waals surface area (Å²) in [4.78, 5) is 13.4. The minimum Gasteiger partial charge on any atom is -0.326 e. The van der Waals surface area contributed by atoms with Crippen LogP contribution in [0.15, 0.2) is 24.3 Å². The maximum Gasteiger partial charge on any atom is 0.257 e.